The Kier molecular flexibility index (Phi) is 6.22. The Morgan fingerprint density at radius 1 is 1.12 bits per heavy atom. The molecule has 0 amide bonds. The maximum absolute atomic E-state index is 13.4. The number of halogens is 3. The fraction of sp³-hybridized carbons (Fsp3) is 0.444. The normalized spacial score (nSPS) is 11.4. The first-order valence-corrected chi connectivity index (χ1v) is 8.27. The van der Waals surface area contributed by atoms with E-state index in [-0.39, 0.29) is 11.8 Å². The zero-order valence-electron chi connectivity index (χ0n) is 14.6. The summed E-state index contributed by atoms with van der Waals surface area (Å²) in [6.07, 6.45) is -1.38. The zero-order valence-corrected chi connectivity index (χ0v) is 14.6. The first kappa shape index (κ1) is 19.0. The Morgan fingerprint density at radius 3 is 2.48 bits per heavy atom. The summed E-state index contributed by atoms with van der Waals surface area (Å²) in [5, 5.41) is 0. The highest BCUT2D eigenvalue weighted by molar-refractivity contribution is 5.66. The molecule has 0 unspecified atom stereocenters. The van der Waals surface area contributed by atoms with Crippen LogP contribution in [0.2, 0.25) is 0 Å². The van der Waals surface area contributed by atoms with Crippen LogP contribution in [0.1, 0.15) is 37.8 Å². The van der Waals surface area contributed by atoms with Gasteiger partial charge in [0.05, 0.1) is 6.61 Å². The van der Waals surface area contributed by atoms with Crippen LogP contribution in [0.5, 0.6) is 6.01 Å². The van der Waals surface area contributed by atoms with Crippen molar-refractivity contribution in [3.63, 3.8) is 0 Å². The zero-order chi connectivity index (χ0) is 18.4. The van der Waals surface area contributed by atoms with E-state index in [1.54, 1.807) is 19.2 Å². The van der Waals surface area contributed by atoms with E-state index in [2.05, 4.69) is 9.97 Å². The van der Waals surface area contributed by atoms with Crippen molar-refractivity contribution in [2.45, 2.75) is 39.3 Å². The predicted molar refractivity (Wildman–Crippen MR) is 91.3 cm³/mol. The van der Waals surface area contributed by atoms with Gasteiger partial charge in [0.15, 0.2) is 5.82 Å². The molecule has 2 rings (SSSR count). The smallest absolute Gasteiger partial charge is 0.421 e. The summed E-state index contributed by atoms with van der Waals surface area (Å²) in [6.45, 7) is 4.28. The number of benzene rings is 1. The van der Waals surface area contributed by atoms with Gasteiger partial charge in [-0.25, -0.2) is 4.98 Å². The molecule has 0 bridgehead atoms. The third-order valence-corrected chi connectivity index (χ3v) is 3.68. The second-order valence-electron chi connectivity index (χ2n) is 5.67. The molecule has 2 aromatic rings. The first-order chi connectivity index (χ1) is 11.9. The molecular weight excluding hydrogens is 331 g/mol. The molecule has 0 aliphatic carbocycles. The molecule has 0 aliphatic rings. The minimum Gasteiger partial charge on any atom is -0.463 e. The van der Waals surface area contributed by atoms with Gasteiger partial charge in [-0.05, 0) is 24.5 Å². The molecular formula is C18H22F3N3O. The molecule has 4 nitrogen and oxygen atoms in total. The number of aromatic nitrogens is 2. The molecule has 1 heterocycles. The van der Waals surface area contributed by atoms with E-state index in [9.17, 15) is 13.2 Å². The van der Waals surface area contributed by atoms with Crippen LogP contribution < -0.4 is 9.64 Å². The minimum atomic E-state index is -4.55. The number of hydrogen-bond donors (Lipinski definition) is 0. The Balaban J connectivity index is 2.51. The van der Waals surface area contributed by atoms with Crippen molar-refractivity contribution in [3.05, 3.63) is 41.6 Å². The van der Waals surface area contributed by atoms with Crippen LogP contribution in [-0.2, 0) is 12.6 Å². The summed E-state index contributed by atoms with van der Waals surface area (Å²) in [7, 11) is 1.58. The number of ether oxygens (including phenoxy) is 1. The van der Waals surface area contributed by atoms with E-state index in [0.29, 0.717) is 12.3 Å². The van der Waals surface area contributed by atoms with Crippen molar-refractivity contribution in [1.29, 1.82) is 0 Å². The van der Waals surface area contributed by atoms with Gasteiger partial charge in [-0.1, -0.05) is 38.5 Å². The van der Waals surface area contributed by atoms with Crippen molar-refractivity contribution < 1.29 is 17.9 Å². The predicted octanol–water partition coefficient (Wildman–Crippen LogP) is 5.00. The topological polar surface area (TPSA) is 38.2 Å². The number of alkyl halides is 3. The van der Waals surface area contributed by atoms with Gasteiger partial charge in [0, 0.05) is 18.9 Å². The molecule has 1 aromatic heterocycles. The van der Waals surface area contributed by atoms with Gasteiger partial charge in [-0.2, -0.15) is 18.2 Å². The van der Waals surface area contributed by atoms with E-state index in [1.807, 2.05) is 26.0 Å². The van der Waals surface area contributed by atoms with Crippen molar-refractivity contribution in [1.82, 2.24) is 9.97 Å². The summed E-state index contributed by atoms with van der Waals surface area (Å²) < 4.78 is 45.5. The van der Waals surface area contributed by atoms with Crippen LogP contribution in [0.4, 0.5) is 24.7 Å². The molecule has 0 saturated carbocycles. The third kappa shape index (κ3) is 4.61. The van der Waals surface area contributed by atoms with Crippen LogP contribution in [-0.4, -0.2) is 23.6 Å². The lowest BCUT2D eigenvalue weighted by molar-refractivity contribution is -0.137. The van der Waals surface area contributed by atoms with E-state index < -0.39 is 11.7 Å². The maximum Gasteiger partial charge on any atom is 0.421 e. The second-order valence-corrected chi connectivity index (χ2v) is 5.67. The average molecular weight is 353 g/mol. The second kappa shape index (κ2) is 8.18. The average Bonchev–Trinajstić information content (AvgIpc) is 2.59. The fourth-order valence-corrected chi connectivity index (χ4v) is 2.51. The Labute approximate surface area is 145 Å². The van der Waals surface area contributed by atoms with Gasteiger partial charge in [-0.3, -0.25) is 0 Å². The molecule has 0 atom stereocenters. The van der Waals surface area contributed by atoms with E-state index >= 15 is 0 Å². The van der Waals surface area contributed by atoms with Crippen LogP contribution in [0, 0.1) is 0 Å². The highest BCUT2D eigenvalue weighted by atomic mass is 19.4. The molecule has 0 aliphatic heterocycles. The van der Waals surface area contributed by atoms with Crippen molar-refractivity contribution >= 4 is 11.5 Å². The molecule has 0 radical (unpaired) electrons. The molecule has 1 aromatic carbocycles. The minimum absolute atomic E-state index is 0.0512. The van der Waals surface area contributed by atoms with Crippen LogP contribution >= 0.6 is 0 Å². The fourth-order valence-electron chi connectivity index (χ4n) is 2.51. The lowest BCUT2D eigenvalue weighted by Crippen LogP contribution is -2.20. The van der Waals surface area contributed by atoms with Gasteiger partial charge in [0.1, 0.15) is 5.56 Å². The van der Waals surface area contributed by atoms with Gasteiger partial charge >= 0.3 is 12.2 Å². The molecule has 0 spiro atoms. The van der Waals surface area contributed by atoms with Crippen LogP contribution in [0.15, 0.2) is 30.5 Å². The molecule has 136 valence electrons. The lowest BCUT2D eigenvalue weighted by Gasteiger charge is -2.24. The molecule has 7 heteroatoms. The van der Waals surface area contributed by atoms with Crippen LogP contribution in [0.3, 0.4) is 0 Å². The first-order valence-electron chi connectivity index (χ1n) is 8.27. The standard InChI is InChI=1S/C18H22F3N3O/c1-4-8-13-9-6-7-10-15(13)24(3)16-14(18(19,20)21)12-22-17(23-16)25-11-5-2/h6-7,9-10,12H,4-5,8,11H2,1-3H3. The van der Waals surface area contributed by atoms with E-state index in [1.165, 1.54) is 4.90 Å². The van der Waals surface area contributed by atoms with Crippen molar-refractivity contribution in [3.8, 4) is 6.01 Å². The molecule has 0 N–H and O–H groups in total. The Hall–Kier alpha value is -2.31. The summed E-state index contributed by atoms with van der Waals surface area (Å²) in [5.41, 5.74) is 0.774. The number of nitrogens with zero attached hydrogens (tertiary/aromatic N) is 3. The Morgan fingerprint density at radius 2 is 1.84 bits per heavy atom. The SMILES string of the molecule is CCCOc1ncc(C(F)(F)F)c(N(C)c2ccccc2CCC)n1. The molecule has 0 fully saturated rings. The summed E-state index contributed by atoms with van der Waals surface area (Å²) >= 11 is 0. The number of rotatable bonds is 7. The third-order valence-electron chi connectivity index (χ3n) is 3.68. The lowest BCUT2D eigenvalue weighted by atomic mass is 10.1. The quantitative estimate of drug-likeness (QED) is 0.702. The Bertz CT molecular complexity index is 704. The number of aryl methyl sites for hydroxylation is 1. The molecule has 25 heavy (non-hydrogen) atoms. The van der Waals surface area contributed by atoms with Gasteiger partial charge in [0.25, 0.3) is 0 Å². The maximum atomic E-state index is 13.4. The van der Waals surface area contributed by atoms with Crippen molar-refractivity contribution in [2.75, 3.05) is 18.6 Å². The summed E-state index contributed by atoms with van der Waals surface area (Å²) in [5.74, 6) is -0.211. The summed E-state index contributed by atoms with van der Waals surface area (Å²) in [4.78, 5) is 9.18. The largest absolute Gasteiger partial charge is 0.463 e. The van der Waals surface area contributed by atoms with E-state index in [0.717, 1.165) is 31.0 Å². The number of para-hydroxylation sites is 1. The number of anilines is 2. The highest BCUT2D eigenvalue weighted by Crippen LogP contribution is 2.38. The van der Waals surface area contributed by atoms with Gasteiger partial charge < -0.3 is 9.64 Å². The van der Waals surface area contributed by atoms with Gasteiger partial charge in [0.2, 0.25) is 0 Å². The highest BCUT2D eigenvalue weighted by Gasteiger charge is 2.37. The monoisotopic (exact) mass is 353 g/mol. The summed E-state index contributed by atoms with van der Waals surface area (Å²) in [6, 6.07) is 7.33. The number of hydrogen-bond acceptors (Lipinski definition) is 4. The van der Waals surface area contributed by atoms with Crippen molar-refractivity contribution in [2.24, 2.45) is 0 Å². The van der Waals surface area contributed by atoms with E-state index in [4.69, 9.17) is 4.74 Å². The van der Waals surface area contributed by atoms with Crippen LogP contribution in [0.25, 0.3) is 0 Å². The molecule has 0 saturated heterocycles. The van der Waals surface area contributed by atoms with Gasteiger partial charge in [-0.15, -0.1) is 0 Å².